The van der Waals surface area contributed by atoms with Crippen molar-refractivity contribution in [1.82, 2.24) is 0 Å². The van der Waals surface area contributed by atoms with E-state index in [9.17, 15) is 0 Å². The topological polar surface area (TPSA) is 30.8 Å². The Kier molecular flexibility index (Phi) is 5.36. The molecule has 0 saturated carbocycles. The van der Waals surface area contributed by atoms with Crippen molar-refractivity contribution in [2.45, 2.75) is 6.61 Å². The van der Waals surface area contributed by atoms with E-state index in [0.717, 1.165) is 28.5 Å². The first-order valence-electron chi connectivity index (χ1n) is 7.10. The molecule has 3 rings (SSSR count). The summed E-state index contributed by atoms with van der Waals surface area (Å²) in [4.78, 5) is 4.48. The Morgan fingerprint density at radius 1 is 1.09 bits per heavy atom. The van der Waals surface area contributed by atoms with Crippen molar-refractivity contribution < 1.29 is 9.47 Å². The standard InChI is InChI=1S/C17H15Cl2NO2S/c1-21-16-9-12(17-20-6-7-23-17)3-5-15(16)22-10-11-2-4-13(18)14(19)8-11/h2-5,8-9H,6-7,10H2,1H3. The molecule has 2 aromatic carbocycles. The quantitative estimate of drug-likeness (QED) is 0.738. The molecule has 0 radical (unpaired) electrons. The van der Waals surface area contributed by atoms with Crippen molar-refractivity contribution in [1.29, 1.82) is 0 Å². The fourth-order valence-corrected chi connectivity index (χ4v) is 3.39. The lowest BCUT2D eigenvalue weighted by molar-refractivity contribution is 0.284. The van der Waals surface area contributed by atoms with Gasteiger partial charge in [-0.2, -0.15) is 0 Å². The first-order valence-corrected chi connectivity index (χ1v) is 8.84. The van der Waals surface area contributed by atoms with Gasteiger partial charge in [0.15, 0.2) is 11.5 Å². The summed E-state index contributed by atoms with van der Waals surface area (Å²) < 4.78 is 11.3. The molecule has 23 heavy (non-hydrogen) atoms. The molecule has 0 saturated heterocycles. The zero-order chi connectivity index (χ0) is 16.2. The number of benzene rings is 2. The maximum absolute atomic E-state index is 6.02. The Hall–Kier alpha value is -1.36. The third kappa shape index (κ3) is 3.94. The maximum Gasteiger partial charge on any atom is 0.161 e. The van der Waals surface area contributed by atoms with Crippen LogP contribution in [-0.2, 0) is 6.61 Å². The van der Waals surface area contributed by atoms with Crippen LogP contribution in [0, 0.1) is 0 Å². The Morgan fingerprint density at radius 3 is 2.65 bits per heavy atom. The molecule has 1 heterocycles. The second-order valence-corrected chi connectivity index (χ2v) is 6.84. The Labute approximate surface area is 149 Å². The van der Waals surface area contributed by atoms with Crippen molar-refractivity contribution in [2.24, 2.45) is 4.99 Å². The van der Waals surface area contributed by atoms with Gasteiger partial charge in [0.2, 0.25) is 0 Å². The highest BCUT2D eigenvalue weighted by Crippen LogP contribution is 2.32. The van der Waals surface area contributed by atoms with Gasteiger partial charge in [-0.25, -0.2) is 0 Å². The lowest BCUT2D eigenvalue weighted by Crippen LogP contribution is -2.00. The molecule has 0 N–H and O–H groups in total. The highest BCUT2D eigenvalue weighted by Gasteiger charge is 2.13. The molecular formula is C17H15Cl2NO2S. The van der Waals surface area contributed by atoms with Crippen LogP contribution in [0.15, 0.2) is 41.4 Å². The van der Waals surface area contributed by atoms with Crippen molar-refractivity contribution in [3.8, 4) is 11.5 Å². The Balaban J connectivity index is 1.75. The van der Waals surface area contributed by atoms with Crippen molar-refractivity contribution in [3.05, 3.63) is 57.6 Å². The first kappa shape index (κ1) is 16.5. The highest BCUT2D eigenvalue weighted by atomic mass is 35.5. The molecule has 3 nitrogen and oxygen atoms in total. The number of aliphatic imine (C=N–C) groups is 1. The Morgan fingerprint density at radius 2 is 1.96 bits per heavy atom. The molecule has 0 amide bonds. The summed E-state index contributed by atoms with van der Waals surface area (Å²) >= 11 is 13.7. The van der Waals surface area contributed by atoms with E-state index in [-0.39, 0.29) is 0 Å². The zero-order valence-corrected chi connectivity index (χ0v) is 14.8. The highest BCUT2D eigenvalue weighted by molar-refractivity contribution is 8.14. The molecule has 0 aliphatic carbocycles. The summed E-state index contributed by atoms with van der Waals surface area (Å²) in [6.07, 6.45) is 0. The van der Waals surface area contributed by atoms with Gasteiger partial charge in [0.25, 0.3) is 0 Å². The van der Waals surface area contributed by atoms with Crippen LogP contribution in [0.25, 0.3) is 0 Å². The molecule has 120 valence electrons. The van der Waals surface area contributed by atoms with E-state index >= 15 is 0 Å². The molecule has 1 aliphatic rings. The summed E-state index contributed by atoms with van der Waals surface area (Å²) in [5.74, 6) is 2.41. The Bertz CT molecular complexity index is 749. The lowest BCUT2D eigenvalue weighted by Gasteiger charge is -2.12. The molecule has 0 fully saturated rings. The number of hydrogen-bond donors (Lipinski definition) is 0. The minimum absolute atomic E-state index is 0.391. The third-order valence-electron chi connectivity index (χ3n) is 3.37. The number of ether oxygens (including phenoxy) is 2. The summed E-state index contributed by atoms with van der Waals surface area (Å²) in [7, 11) is 1.63. The minimum Gasteiger partial charge on any atom is -0.493 e. The number of thioether (sulfide) groups is 1. The van der Waals surface area contributed by atoms with Crippen LogP contribution in [-0.4, -0.2) is 24.5 Å². The van der Waals surface area contributed by atoms with Crippen LogP contribution >= 0.6 is 35.0 Å². The monoisotopic (exact) mass is 367 g/mol. The largest absolute Gasteiger partial charge is 0.493 e. The van der Waals surface area contributed by atoms with Gasteiger partial charge in [-0.3, -0.25) is 4.99 Å². The molecule has 6 heteroatoms. The van der Waals surface area contributed by atoms with Crippen LogP contribution in [0.2, 0.25) is 10.0 Å². The van der Waals surface area contributed by atoms with Crippen molar-refractivity contribution >= 4 is 40.0 Å². The molecule has 1 aliphatic heterocycles. The van der Waals surface area contributed by atoms with Crippen LogP contribution in [0.4, 0.5) is 0 Å². The minimum atomic E-state index is 0.391. The van der Waals surface area contributed by atoms with Crippen molar-refractivity contribution in [2.75, 3.05) is 19.4 Å². The van der Waals surface area contributed by atoms with Crippen LogP contribution in [0.1, 0.15) is 11.1 Å². The fourth-order valence-electron chi connectivity index (χ4n) is 2.22. The van der Waals surface area contributed by atoms with Gasteiger partial charge < -0.3 is 9.47 Å². The SMILES string of the molecule is COc1cc(C2=NCCS2)ccc1OCc1ccc(Cl)c(Cl)c1. The summed E-state index contributed by atoms with van der Waals surface area (Å²) in [6.45, 7) is 1.26. The number of halogens is 2. The van der Waals surface area contributed by atoms with E-state index in [4.69, 9.17) is 32.7 Å². The summed E-state index contributed by atoms with van der Waals surface area (Å²) in [5, 5.41) is 2.11. The molecule has 0 aromatic heterocycles. The molecule has 0 unspecified atom stereocenters. The summed E-state index contributed by atoms with van der Waals surface area (Å²) in [5.41, 5.74) is 2.01. The van der Waals surface area contributed by atoms with Gasteiger partial charge in [-0.05, 0) is 35.9 Å². The van der Waals surface area contributed by atoms with E-state index in [0.29, 0.717) is 28.2 Å². The smallest absolute Gasteiger partial charge is 0.161 e. The van der Waals surface area contributed by atoms with Gasteiger partial charge in [-0.1, -0.05) is 29.3 Å². The molecular weight excluding hydrogens is 353 g/mol. The van der Waals surface area contributed by atoms with Gasteiger partial charge in [-0.15, -0.1) is 11.8 Å². The molecule has 2 aromatic rings. The van der Waals surface area contributed by atoms with Gasteiger partial charge in [0, 0.05) is 17.9 Å². The van der Waals surface area contributed by atoms with E-state index in [2.05, 4.69) is 4.99 Å². The maximum atomic E-state index is 6.02. The predicted molar refractivity (Wildman–Crippen MR) is 97.7 cm³/mol. The number of hydrogen-bond acceptors (Lipinski definition) is 4. The van der Waals surface area contributed by atoms with E-state index in [1.165, 1.54) is 0 Å². The third-order valence-corrected chi connectivity index (χ3v) is 5.14. The van der Waals surface area contributed by atoms with Crippen LogP contribution < -0.4 is 9.47 Å². The summed E-state index contributed by atoms with van der Waals surface area (Å²) in [6, 6.07) is 11.3. The normalized spacial score (nSPS) is 13.8. The second-order valence-electron chi connectivity index (χ2n) is 4.94. The fraction of sp³-hybridized carbons (Fsp3) is 0.235. The van der Waals surface area contributed by atoms with E-state index < -0.39 is 0 Å². The second kappa shape index (κ2) is 7.47. The van der Waals surface area contributed by atoms with Gasteiger partial charge in [0.05, 0.1) is 22.2 Å². The average molecular weight is 368 g/mol. The molecule has 0 bridgehead atoms. The van der Waals surface area contributed by atoms with Gasteiger partial charge in [0.1, 0.15) is 6.61 Å². The number of methoxy groups -OCH3 is 1. The average Bonchev–Trinajstić information content (AvgIpc) is 3.10. The predicted octanol–water partition coefficient (Wildman–Crippen LogP) is 5.07. The van der Waals surface area contributed by atoms with Crippen molar-refractivity contribution in [3.63, 3.8) is 0 Å². The van der Waals surface area contributed by atoms with Crippen LogP contribution in [0.3, 0.4) is 0 Å². The van der Waals surface area contributed by atoms with Gasteiger partial charge >= 0.3 is 0 Å². The first-order chi connectivity index (χ1) is 11.2. The molecule has 0 spiro atoms. The number of nitrogens with zero attached hydrogens (tertiary/aromatic N) is 1. The lowest BCUT2D eigenvalue weighted by atomic mass is 10.2. The van der Waals surface area contributed by atoms with Crippen LogP contribution in [0.5, 0.6) is 11.5 Å². The molecule has 0 atom stereocenters. The van der Waals surface area contributed by atoms with E-state index in [1.54, 1.807) is 31.0 Å². The zero-order valence-electron chi connectivity index (χ0n) is 12.5. The van der Waals surface area contributed by atoms with E-state index in [1.807, 2.05) is 24.3 Å². The number of rotatable bonds is 5.